The zero-order chi connectivity index (χ0) is 10.7. The first-order valence-corrected chi connectivity index (χ1v) is 6.33. The summed E-state index contributed by atoms with van der Waals surface area (Å²) in [5.74, 6) is 0.830. The van der Waals surface area contributed by atoms with Gasteiger partial charge in [0.25, 0.3) is 0 Å². The minimum atomic E-state index is 0.404. The molecule has 0 radical (unpaired) electrons. The molecule has 0 aromatic heterocycles. The molecule has 2 saturated heterocycles. The molecule has 0 amide bonds. The number of ether oxygens (including phenoxy) is 1. The summed E-state index contributed by atoms with van der Waals surface area (Å²) in [6.07, 6.45) is 2.91. The van der Waals surface area contributed by atoms with Gasteiger partial charge in [0.1, 0.15) is 0 Å². The van der Waals surface area contributed by atoms with Crippen LogP contribution in [-0.2, 0) is 4.74 Å². The molecule has 15 heavy (non-hydrogen) atoms. The first kappa shape index (κ1) is 11.4. The van der Waals surface area contributed by atoms with Crippen molar-refractivity contribution < 1.29 is 4.74 Å². The molecule has 88 valence electrons. The summed E-state index contributed by atoms with van der Waals surface area (Å²) >= 11 is 0. The van der Waals surface area contributed by atoms with E-state index < -0.39 is 0 Å². The molecule has 0 spiro atoms. The minimum absolute atomic E-state index is 0.404. The van der Waals surface area contributed by atoms with E-state index in [1.165, 1.54) is 25.9 Å². The van der Waals surface area contributed by atoms with Crippen LogP contribution in [0.2, 0.25) is 0 Å². The topological polar surface area (TPSA) is 24.5 Å². The third kappa shape index (κ3) is 2.92. The Labute approximate surface area is 93.2 Å². The lowest BCUT2D eigenvalue weighted by Gasteiger charge is -2.38. The maximum atomic E-state index is 5.70. The standard InChI is InChI=1S/C12H24N2O/c1-10-4-5-13-8-12(10)14-6-3-7-15-11(2)9-14/h10-13H,3-9H2,1-2H3. The second kappa shape index (κ2) is 5.28. The minimum Gasteiger partial charge on any atom is -0.377 e. The van der Waals surface area contributed by atoms with E-state index in [2.05, 4.69) is 24.1 Å². The molecular weight excluding hydrogens is 188 g/mol. The molecule has 0 saturated carbocycles. The summed E-state index contributed by atoms with van der Waals surface area (Å²) in [5.41, 5.74) is 0. The summed E-state index contributed by atoms with van der Waals surface area (Å²) in [6.45, 7) is 10.2. The molecule has 2 aliphatic heterocycles. The van der Waals surface area contributed by atoms with Crippen molar-refractivity contribution in [3.63, 3.8) is 0 Å². The molecule has 0 aromatic carbocycles. The van der Waals surface area contributed by atoms with Crippen molar-refractivity contribution in [2.75, 3.05) is 32.8 Å². The van der Waals surface area contributed by atoms with Crippen molar-refractivity contribution in [3.8, 4) is 0 Å². The Bertz CT molecular complexity index is 198. The third-order valence-electron chi connectivity index (χ3n) is 3.74. The van der Waals surface area contributed by atoms with Crippen LogP contribution in [0.25, 0.3) is 0 Å². The zero-order valence-electron chi connectivity index (χ0n) is 10.0. The fourth-order valence-electron chi connectivity index (χ4n) is 2.79. The van der Waals surface area contributed by atoms with Crippen molar-refractivity contribution >= 4 is 0 Å². The van der Waals surface area contributed by atoms with E-state index in [1.807, 2.05) is 0 Å². The van der Waals surface area contributed by atoms with Crippen molar-refractivity contribution in [2.45, 2.75) is 38.8 Å². The Morgan fingerprint density at radius 1 is 1.33 bits per heavy atom. The summed E-state index contributed by atoms with van der Waals surface area (Å²) in [6, 6.07) is 0.725. The van der Waals surface area contributed by atoms with E-state index in [0.29, 0.717) is 6.10 Å². The Kier molecular flexibility index (Phi) is 4.00. The normalized spacial score (nSPS) is 40.0. The summed E-state index contributed by atoms with van der Waals surface area (Å²) in [7, 11) is 0. The van der Waals surface area contributed by atoms with Gasteiger partial charge in [-0.2, -0.15) is 0 Å². The van der Waals surface area contributed by atoms with Crippen LogP contribution >= 0.6 is 0 Å². The van der Waals surface area contributed by atoms with Crippen molar-refractivity contribution in [2.24, 2.45) is 5.92 Å². The van der Waals surface area contributed by atoms with Gasteiger partial charge >= 0.3 is 0 Å². The lowest BCUT2D eigenvalue weighted by atomic mass is 9.93. The monoisotopic (exact) mass is 212 g/mol. The number of hydrogen-bond donors (Lipinski definition) is 1. The Balaban J connectivity index is 1.94. The average molecular weight is 212 g/mol. The third-order valence-corrected chi connectivity index (χ3v) is 3.74. The van der Waals surface area contributed by atoms with Gasteiger partial charge in [-0.3, -0.25) is 4.90 Å². The number of nitrogens with one attached hydrogen (secondary N) is 1. The second-order valence-electron chi connectivity index (χ2n) is 5.07. The van der Waals surface area contributed by atoms with Gasteiger partial charge in [0.15, 0.2) is 0 Å². The SMILES string of the molecule is CC1CN(C2CNCCC2C)CCCO1. The lowest BCUT2D eigenvalue weighted by Crippen LogP contribution is -2.51. The molecule has 0 aliphatic carbocycles. The maximum absolute atomic E-state index is 5.70. The second-order valence-corrected chi connectivity index (χ2v) is 5.07. The van der Waals surface area contributed by atoms with E-state index in [1.54, 1.807) is 0 Å². The van der Waals surface area contributed by atoms with Crippen LogP contribution in [0, 0.1) is 5.92 Å². The largest absolute Gasteiger partial charge is 0.377 e. The molecule has 3 heteroatoms. The number of rotatable bonds is 1. The van der Waals surface area contributed by atoms with Gasteiger partial charge < -0.3 is 10.1 Å². The molecule has 3 atom stereocenters. The van der Waals surface area contributed by atoms with E-state index in [-0.39, 0.29) is 0 Å². The van der Waals surface area contributed by atoms with E-state index in [9.17, 15) is 0 Å². The fraction of sp³-hybridized carbons (Fsp3) is 1.00. The highest BCUT2D eigenvalue weighted by atomic mass is 16.5. The molecular formula is C12H24N2O. The van der Waals surface area contributed by atoms with E-state index in [0.717, 1.165) is 31.7 Å². The van der Waals surface area contributed by atoms with E-state index in [4.69, 9.17) is 4.74 Å². The smallest absolute Gasteiger partial charge is 0.0674 e. The zero-order valence-corrected chi connectivity index (χ0v) is 10.0. The quantitative estimate of drug-likeness (QED) is 0.704. The molecule has 1 N–H and O–H groups in total. The van der Waals surface area contributed by atoms with E-state index >= 15 is 0 Å². The van der Waals surface area contributed by atoms with Crippen molar-refractivity contribution in [1.82, 2.24) is 10.2 Å². The highest BCUT2D eigenvalue weighted by Crippen LogP contribution is 2.20. The first-order chi connectivity index (χ1) is 7.27. The van der Waals surface area contributed by atoms with Crippen LogP contribution in [0.3, 0.4) is 0 Å². The molecule has 3 unspecified atom stereocenters. The van der Waals surface area contributed by atoms with Crippen LogP contribution < -0.4 is 5.32 Å². The van der Waals surface area contributed by atoms with Gasteiger partial charge in [-0.05, 0) is 32.2 Å². The molecule has 2 rings (SSSR count). The molecule has 2 fully saturated rings. The van der Waals surface area contributed by atoms with Gasteiger partial charge in [-0.25, -0.2) is 0 Å². The Morgan fingerprint density at radius 3 is 3.00 bits per heavy atom. The van der Waals surface area contributed by atoms with Crippen LogP contribution in [0.4, 0.5) is 0 Å². The average Bonchev–Trinajstić information content (AvgIpc) is 2.43. The summed E-state index contributed by atoms with van der Waals surface area (Å²) < 4.78 is 5.70. The van der Waals surface area contributed by atoms with Crippen LogP contribution in [0.5, 0.6) is 0 Å². The van der Waals surface area contributed by atoms with Gasteiger partial charge in [0.2, 0.25) is 0 Å². The highest BCUT2D eigenvalue weighted by molar-refractivity contribution is 4.85. The molecule has 3 nitrogen and oxygen atoms in total. The van der Waals surface area contributed by atoms with Crippen LogP contribution in [-0.4, -0.2) is 49.8 Å². The predicted octanol–water partition coefficient (Wildman–Crippen LogP) is 1.10. The lowest BCUT2D eigenvalue weighted by molar-refractivity contribution is 0.0501. The number of nitrogens with zero attached hydrogens (tertiary/aromatic N) is 1. The first-order valence-electron chi connectivity index (χ1n) is 6.33. The molecule has 0 aromatic rings. The van der Waals surface area contributed by atoms with Crippen LogP contribution in [0.15, 0.2) is 0 Å². The number of piperidine rings is 1. The maximum Gasteiger partial charge on any atom is 0.0674 e. The highest BCUT2D eigenvalue weighted by Gasteiger charge is 2.28. The molecule has 0 bridgehead atoms. The Hall–Kier alpha value is -0.120. The summed E-state index contributed by atoms with van der Waals surface area (Å²) in [5, 5.41) is 3.52. The van der Waals surface area contributed by atoms with Crippen LogP contribution in [0.1, 0.15) is 26.7 Å². The van der Waals surface area contributed by atoms with Gasteiger partial charge in [-0.15, -0.1) is 0 Å². The molecule has 2 aliphatic rings. The van der Waals surface area contributed by atoms with Crippen molar-refractivity contribution in [1.29, 1.82) is 0 Å². The van der Waals surface area contributed by atoms with Crippen molar-refractivity contribution in [3.05, 3.63) is 0 Å². The Morgan fingerprint density at radius 2 is 2.20 bits per heavy atom. The summed E-state index contributed by atoms with van der Waals surface area (Å²) in [4.78, 5) is 2.63. The predicted molar refractivity (Wildman–Crippen MR) is 62.0 cm³/mol. The number of hydrogen-bond acceptors (Lipinski definition) is 3. The van der Waals surface area contributed by atoms with Gasteiger partial charge in [0.05, 0.1) is 6.10 Å². The molecule has 2 heterocycles. The fourth-order valence-corrected chi connectivity index (χ4v) is 2.79. The van der Waals surface area contributed by atoms with Gasteiger partial charge in [-0.1, -0.05) is 6.92 Å². The van der Waals surface area contributed by atoms with Gasteiger partial charge in [0, 0.05) is 32.3 Å².